The van der Waals surface area contributed by atoms with Gasteiger partial charge < -0.3 is 0 Å². The Morgan fingerprint density at radius 2 is 2.12 bits per heavy atom. The molecule has 0 spiro atoms. The molecule has 0 saturated heterocycles. The number of benzene rings is 1. The lowest BCUT2D eigenvalue weighted by Gasteiger charge is -1.94. The molecular weight excluding hydrogens is 334 g/mol. The van der Waals surface area contributed by atoms with Crippen LogP contribution in [0.1, 0.15) is 4.88 Å². The van der Waals surface area contributed by atoms with E-state index in [-0.39, 0.29) is 9.77 Å². The first-order valence-corrected chi connectivity index (χ1v) is 7.92. The van der Waals surface area contributed by atoms with Gasteiger partial charge in [0.15, 0.2) is 0 Å². The van der Waals surface area contributed by atoms with E-state index in [1.54, 1.807) is 18.2 Å². The summed E-state index contributed by atoms with van der Waals surface area (Å²) >= 11 is 4.39. The van der Waals surface area contributed by atoms with E-state index in [0.717, 1.165) is 15.8 Å². The highest BCUT2D eigenvalue weighted by Gasteiger charge is 2.22. The molecule has 1 heterocycles. The Morgan fingerprint density at radius 3 is 2.69 bits per heavy atom. The van der Waals surface area contributed by atoms with E-state index < -0.39 is 9.05 Å². The monoisotopic (exact) mass is 335 g/mol. The third-order valence-corrected chi connectivity index (χ3v) is 5.01. The number of hydrogen-bond donors (Lipinski definition) is 0. The van der Waals surface area contributed by atoms with Gasteiger partial charge in [0.1, 0.15) is 15.8 Å². The van der Waals surface area contributed by atoms with Gasteiger partial charge in [-0.05, 0) is 12.1 Å². The molecule has 2 aromatic rings. The minimum absolute atomic E-state index is 0.0934. The van der Waals surface area contributed by atoms with Crippen LogP contribution in [0, 0.1) is 11.3 Å². The van der Waals surface area contributed by atoms with E-state index in [4.69, 9.17) is 15.9 Å². The zero-order valence-electron chi connectivity index (χ0n) is 7.57. The summed E-state index contributed by atoms with van der Waals surface area (Å²) in [7, 11) is 1.42. The standard InChI is InChI=1S/C9H3BrClNO2S2/c10-5-1-2-6-7(3-5)15-8(4-12)9(6)16(11,13)14/h1-3H. The number of halogens is 2. The molecule has 0 unspecified atom stereocenters. The molecule has 82 valence electrons. The predicted octanol–water partition coefficient (Wildman–Crippen LogP) is 3.46. The van der Waals surface area contributed by atoms with Crippen molar-refractivity contribution in [3.63, 3.8) is 0 Å². The zero-order valence-corrected chi connectivity index (χ0v) is 11.5. The van der Waals surface area contributed by atoms with E-state index in [1.165, 1.54) is 0 Å². The van der Waals surface area contributed by atoms with Crippen molar-refractivity contribution in [2.45, 2.75) is 4.90 Å². The molecule has 0 bridgehead atoms. The summed E-state index contributed by atoms with van der Waals surface area (Å²) < 4.78 is 24.3. The van der Waals surface area contributed by atoms with Crippen molar-refractivity contribution < 1.29 is 8.42 Å². The fourth-order valence-corrected chi connectivity index (χ4v) is 4.65. The van der Waals surface area contributed by atoms with Gasteiger partial charge >= 0.3 is 0 Å². The molecule has 0 radical (unpaired) electrons. The molecule has 1 aromatic carbocycles. The lowest BCUT2D eigenvalue weighted by atomic mass is 10.2. The average molecular weight is 337 g/mol. The van der Waals surface area contributed by atoms with E-state index >= 15 is 0 Å². The van der Waals surface area contributed by atoms with Gasteiger partial charge in [0.2, 0.25) is 0 Å². The summed E-state index contributed by atoms with van der Waals surface area (Å²) in [6.07, 6.45) is 0. The van der Waals surface area contributed by atoms with Gasteiger partial charge in [-0.2, -0.15) is 5.26 Å². The molecule has 7 heteroatoms. The Bertz CT molecular complexity index is 715. The minimum atomic E-state index is -3.90. The minimum Gasteiger partial charge on any atom is -0.207 e. The zero-order chi connectivity index (χ0) is 11.9. The Hall–Kier alpha value is -0.610. The summed E-state index contributed by atoms with van der Waals surface area (Å²) in [5, 5.41) is 9.36. The number of rotatable bonds is 1. The predicted molar refractivity (Wildman–Crippen MR) is 67.3 cm³/mol. The van der Waals surface area contributed by atoms with E-state index in [0.29, 0.717) is 10.1 Å². The van der Waals surface area contributed by atoms with Crippen molar-refractivity contribution in [1.29, 1.82) is 5.26 Å². The molecule has 0 fully saturated rings. The number of hydrogen-bond acceptors (Lipinski definition) is 4. The molecule has 1 aromatic heterocycles. The summed E-state index contributed by atoms with van der Waals surface area (Å²) in [6.45, 7) is 0. The van der Waals surface area contributed by atoms with Crippen LogP contribution in [0.2, 0.25) is 0 Å². The maximum Gasteiger partial charge on any atom is 0.264 e. The third-order valence-electron chi connectivity index (χ3n) is 1.95. The fraction of sp³-hybridized carbons (Fsp3) is 0. The largest absolute Gasteiger partial charge is 0.264 e. The van der Waals surface area contributed by atoms with Crippen molar-refractivity contribution >= 4 is 57.1 Å². The van der Waals surface area contributed by atoms with Gasteiger partial charge in [-0.25, -0.2) is 8.42 Å². The highest BCUT2D eigenvalue weighted by Crippen LogP contribution is 2.37. The lowest BCUT2D eigenvalue weighted by molar-refractivity contribution is 0.610. The molecule has 0 amide bonds. The smallest absolute Gasteiger partial charge is 0.207 e. The van der Waals surface area contributed by atoms with Crippen LogP contribution >= 0.6 is 37.9 Å². The molecule has 0 atom stereocenters. The first-order valence-electron chi connectivity index (χ1n) is 4.00. The maximum absolute atomic E-state index is 11.4. The van der Waals surface area contributed by atoms with Crippen LogP contribution < -0.4 is 0 Å². The van der Waals surface area contributed by atoms with Crippen LogP contribution in [0.15, 0.2) is 27.6 Å². The topological polar surface area (TPSA) is 57.9 Å². The highest BCUT2D eigenvalue weighted by atomic mass is 79.9. The van der Waals surface area contributed by atoms with Crippen LogP contribution in [-0.4, -0.2) is 8.42 Å². The highest BCUT2D eigenvalue weighted by molar-refractivity contribution is 9.10. The fourth-order valence-electron chi connectivity index (χ4n) is 1.36. The molecule has 0 aliphatic heterocycles. The molecule has 16 heavy (non-hydrogen) atoms. The molecule has 2 rings (SSSR count). The lowest BCUT2D eigenvalue weighted by Crippen LogP contribution is -1.91. The van der Waals surface area contributed by atoms with Gasteiger partial charge in [0.05, 0.1) is 0 Å². The van der Waals surface area contributed by atoms with Gasteiger partial charge in [0, 0.05) is 25.2 Å². The van der Waals surface area contributed by atoms with Crippen molar-refractivity contribution in [3.05, 3.63) is 27.5 Å². The SMILES string of the molecule is N#Cc1sc2cc(Br)ccc2c1S(=O)(=O)Cl. The van der Waals surface area contributed by atoms with Crippen LogP contribution in [0.25, 0.3) is 10.1 Å². The Labute approximate surface area is 109 Å². The van der Waals surface area contributed by atoms with E-state index in [2.05, 4.69) is 15.9 Å². The molecule has 0 aliphatic rings. The second-order valence-electron chi connectivity index (χ2n) is 2.95. The third kappa shape index (κ3) is 1.96. The quantitative estimate of drug-likeness (QED) is 0.749. The Balaban J connectivity index is 2.97. The average Bonchev–Trinajstić information content (AvgIpc) is 2.54. The molecule has 0 N–H and O–H groups in total. The van der Waals surface area contributed by atoms with Gasteiger partial charge in [-0.3, -0.25) is 0 Å². The first-order chi connectivity index (χ1) is 7.43. The number of nitrogens with zero attached hydrogens (tertiary/aromatic N) is 1. The van der Waals surface area contributed by atoms with Gasteiger partial charge in [-0.15, -0.1) is 11.3 Å². The van der Waals surface area contributed by atoms with Gasteiger partial charge in [0.25, 0.3) is 9.05 Å². The Kier molecular flexibility index (Phi) is 2.97. The number of fused-ring (bicyclic) bond motifs is 1. The maximum atomic E-state index is 11.4. The summed E-state index contributed by atoms with van der Waals surface area (Å²) in [5.41, 5.74) is 0. The summed E-state index contributed by atoms with van der Waals surface area (Å²) in [6, 6.07) is 6.95. The molecular formula is C9H3BrClNO2S2. The second-order valence-corrected chi connectivity index (χ2v) is 7.42. The number of nitriles is 1. The van der Waals surface area contributed by atoms with E-state index in [9.17, 15) is 8.42 Å². The van der Waals surface area contributed by atoms with Crippen LogP contribution in [-0.2, 0) is 9.05 Å². The van der Waals surface area contributed by atoms with Crippen molar-refractivity contribution in [1.82, 2.24) is 0 Å². The first kappa shape index (κ1) is 11.9. The van der Waals surface area contributed by atoms with Crippen molar-refractivity contribution in [2.75, 3.05) is 0 Å². The normalized spacial score (nSPS) is 11.6. The van der Waals surface area contributed by atoms with Crippen molar-refractivity contribution in [3.8, 4) is 6.07 Å². The second kappa shape index (κ2) is 4.00. The summed E-state index contributed by atoms with van der Waals surface area (Å²) in [5.74, 6) is 0. The summed E-state index contributed by atoms with van der Waals surface area (Å²) in [4.78, 5) is 0.0206. The van der Waals surface area contributed by atoms with Crippen LogP contribution in [0.3, 0.4) is 0 Å². The molecule has 0 aliphatic carbocycles. The van der Waals surface area contributed by atoms with E-state index in [1.807, 2.05) is 6.07 Å². The van der Waals surface area contributed by atoms with Crippen molar-refractivity contribution in [2.24, 2.45) is 0 Å². The molecule has 3 nitrogen and oxygen atoms in total. The Morgan fingerprint density at radius 1 is 1.44 bits per heavy atom. The van der Waals surface area contributed by atoms with Crippen LogP contribution in [0.4, 0.5) is 0 Å². The molecule has 0 saturated carbocycles. The van der Waals surface area contributed by atoms with Gasteiger partial charge in [-0.1, -0.05) is 22.0 Å². The number of thiophene rings is 1. The van der Waals surface area contributed by atoms with Crippen LogP contribution in [0.5, 0.6) is 0 Å².